The van der Waals surface area contributed by atoms with Crippen LogP contribution in [0.3, 0.4) is 0 Å². The second kappa shape index (κ2) is 8.13. The van der Waals surface area contributed by atoms with Crippen molar-refractivity contribution in [2.75, 3.05) is 26.2 Å². The van der Waals surface area contributed by atoms with Crippen LogP contribution in [0.15, 0.2) is 48.5 Å². The molecule has 5 heteroatoms. The van der Waals surface area contributed by atoms with Gasteiger partial charge in [0.25, 0.3) is 5.91 Å². The maximum absolute atomic E-state index is 13.3. The number of carbonyl (C=O) groups excluding carboxylic acids is 2. The highest BCUT2D eigenvalue weighted by Crippen LogP contribution is 2.12. The Balaban J connectivity index is 1.59. The molecular formula is C21H23FN2O2. The Bertz CT molecular complexity index is 789. The van der Waals surface area contributed by atoms with Gasteiger partial charge in [0, 0.05) is 31.7 Å². The van der Waals surface area contributed by atoms with Crippen molar-refractivity contribution < 1.29 is 14.0 Å². The highest BCUT2D eigenvalue weighted by Gasteiger charge is 2.22. The molecule has 2 aromatic rings. The van der Waals surface area contributed by atoms with E-state index in [4.69, 9.17) is 0 Å². The van der Waals surface area contributed by atoms with Crippen molar-refractivity contribution in [3.8, 4) is 0 Å². The number of benzene rings is 2. The molecule has 1 heterocycles. The molecule has 1 aliphatic rings. The van der Waals surface area contributed by atoms with Crippen molar-refractivity contribution in [2.24, 2.45) is 0 Å². The summed E-state index contributed by atoms with van der Waals surface area (Å²) in [5, 5.41) is 0. The third-order valence-electron chi connectivity index (χ3n) is 4.68. The number of nitrogens with zero attached hydrogens (tertiary/aromatic N) is 2. The lowest BCUT2D eigenvalue weighted by atomic mass is 10.1. The molecule has 2 aromatic carbocycles. The van der Waals surface area contributed by atoms with Gasteiger partial charge in [-0.05, 0) is 43.2 Å². The van der Waals surface area contributed by atoms with Gasteiger partial charge in [0.1, 0.15) is 5.82 Å². The van der Waals surface area contributed by atoms with Crippen LogP contribution in [0.1, 0.15) is 27.9 Å². The van der Waals surface area contributed by atoms with Crippen LogP contribution in [0.2, 0.25) is 0 Å². The Morgan fingerprint density at radius 1 is 0.962 bits per heavy atom. The fraction of sp³-hybridized carbons (Fsp3) is 0.333. The van der Waals surface area contributed by atoms with Gasteiger partial charge in [-0.25, -0.2) is 4.39 Å². The lowest BCUT2D eigenvalue weighted by Gasteiger charge is -2.22. The minimum Gasteiger partial charge on any atom is -0.341 e. The quantitative estimate of drug-likeness (QED) is 0.850. The first-order valence-electron chi connectivity index (χ1n) is 8.91. The standard InChI is InChI=1S/C21H23FN2O2/c1-16-6-8-18(9-7-16)21(26)24-11-3-10-23(12-13-24)20(25)15-17-4-2-5-19(22)14-17/h2,4-9,14H,3,10-13,15H2,1H3. The molecular weight excluding hydrogens is 331 g/mol. The Kier molecular flexibility index (Phi) is 5.66. The van der Waals surface area contributed by atoms with Crippen LogP contribution >= 0.6 is 0 Å². The van der Waals surface area contributed by atoms with Crippen LogP contribution in [0.5, 0.6) is 0 Å². The highest BCUT2D eigenvalue weighted by molar-refractivity contribution is 5.94. The molecule has 26 heavy (non-hydrogen) atoms. The number of aryl methyl sites for hydroxylation is 1. The van der Waals surface area contributed by atoms with Crippen LogP contribution in [0.25, 0.3) is 0 Å². The van der Waals surface area contributed by atoms with Gasteiger partial charge in [-0.3, -0.25) is 9.59 Å². The van der Waals surface area contributed by atoms with E-state index >= 15 is 0 Å². The molecule has 1 aliphatic heterocycles. The topological polar surface area (TPSA) is 40.6 Å². The number of carbonyl (C=O) groups is 2. The lowest BCUT2D eigenvalue weighted by molar-refractivity contribution is -0.130. The molecule has 2 amide bonds. The van der Waals surface area contributed by atoms with Gasteiger partial charge in [0.2, 0.25) is 5.91 Å². The third-order valence-corrected chi connectivity index (χ3v) is 4.68. The molecule has 0 bridgehead atoms. The van der Waals surface area contributed by atoms with Gasteiger partial charge >= 0.3 is 0 Å². The van der Waals surface area contributed by atoms with Crippen molar-refractivity contribution in [3.05, 3.63) is 71.0 Å². The van der Waals surface area contributed by atoms with E-state index in [9.17, 15) is 14.0 Å². The Morgan fingerprint density at radius 3 is 2.38 bits per heavy atom. The lowest BCUT2D eigenvalue weighted by Crippen LogP contribution is -2.38. The van der Waals surface area contributed by atoms with Crippen LogP contribution in [0, 0.1) is 12.7 Å². The zero-order chi connectivity index (χ0) is 18.5. The second-order valence-electron chi connectivity index (χ2n) is 6.70. The second-order valence-corrected chi connectivity index (χ2v) is 6.70. The average Bonchev–Trinajstić information content (AvgIpc) is 2.88. The summed E-state index contributed by atoms with van der Waals surface area (Å²) in [5.74, 6) is -0.356. The minimum absolute atomic E-state index is 0.00410. The maximum atomic E-state index is 13.3. The van der Waals surface area contributed by atoms with E-state index in [1.54, 1.807) is 21.9 Å². The molecule has 0 aromatic heterocycles. The summed E-state index contributed by atoms with van der Waals surface area (Å²) in [6, 6.07) is 13.7. The van der Waals surface area contributed by atoms with Crippen LogP contribution in [-0.4, -0.2) is 47.8 Å². The summed E-state index contributed by atoms with van der Waals surface area (Å²) in [5.41, 5.74) is 2.47. The SMILES string of the molecule is Cc1ccc(C(=O)N2CCCN(C(=O)Cc3cccc(F)c3)CC2)cc1. The Hall–Kier alpha value is -2.69. The normalized spacial score (nSPS) is 14.8. The van der Waals surface area contributed by atoms with Crippen molar-refractivity contribution in [1.82, 2.24) is 9.80 Å². The Labute approximate surface area is 153 Å². The van der Waals surface area contributed by atoms with Gasteiger partial charge in [-0.1, -0.05) is 29.8 Å². The first-order valence-corrected chi connectivity index (χ1v) is 8.91. The van der Waals surface area contributed by atoms with E-state index in [0.29, 0.717) is 37.3 Å². The summed E-state index contributed by atoms with van der Waals surface area (Å²) < 4.78 is 13.3. The van der Waals surface area contributed by atoms with E-state index in [1.807, 2.05) is 31.2 Å². The number of hydrogen-bond acceptors (Lipinski definition) is 2. The zero-order valence-corrected chi connectivity index (χ0v) is 15.0. The summed E-state index contributed by atoms with van der Waals surface area (Å²) in [4.78, 5) is 28.7. The number of halogens is 1. The fourth-order valence-electron chi connectivity index (χ4n) is 3.18. The Morgan fingerprint density at radius 2 is 1.65 bits per heavy atom. The van der Waals surface area contributed by atoms with Crippen molar-refractivity contribution in [3.63, 3.8) is 0 Å². The van der Waals surface area contributed by atoms with Crippen molar-refractivity contribution in [2.45, 2.75) is 19.8 Å². The van der Waals surface area contributed by atoms with Crippen LogP contribution in [0.4, 0.5) is 4.39 Å². The van der Waals surface area contributed by atoms with E-state index in [-0.39, 0.29) is 24.1 Å². The molecule has 0 unspecified atom stereocenters. The zero-order valence-electron chi connectivity index (χ0n) is 15.0. The van der Waals surface area contributed by atoms with Crippen molar-refractivity contribution >= 4 is 11.8 Å². The van der Waals surface area contributed by atoms with Gasteiger partial charge in [-0.2, -0.15) is 0 Å². The predicted octanol–water partition coefficient (Wildman–Crippen LogP) is 3.05. The number of hydrogen-bond donors (Lipinski definition) is 0. The molecule has 0 radical (unpaired) electrons. The van der Waals surface area contributed by atoms with Crippen molar-refractivity contribution in [1.29, 1.82) is 0 Å². The first-order chi connectivity index (χ1) is 12.5. The summed E-state index contributed by atoms with van der Waals surface area (Å²) in [6.07, 6.45) is 0.927. The summed E-state index contributed by atoms with van der Waals surface area (Å²) in [6.45, 7) is 4.26. The van der Waals surface area contributed by atoms with Gasteiger partial charge in [0.15, 0.2) is 0 Å². The summed E-state index contributed by atoms with van der Waals surface area (Å²) >= 11 is 0. The van der Waals surface area contributed by atoms with E-state index in [0.717, 1.165) is 12.0 Å². The first kappa shape index (κ1) is 18.1. The smallest absolute Gasteiger partial charge is 0.253 e. The van der Waals surface area contributed by atoms with E-state index in [1.165, 1.54) is 12.1 Å². The van der Waals surface area contributed by atoms with Gasteiger partial charge in [-0.15, -0.1) is 0 Å². The average molecular weight is 354 g/mol. The van der Waals surface area contributed by atoms with Crippen LogP contribution < -0.4 is 0 Å². The predicted molar refractivity (Wildman–Crippen MR) is 98.4 cm³/mol. The molecule has 1 saturated heterocycles. The minimum atomic E-state index is -0.332. The molecule has 136 valence electrons. The maximum Gasteiger partial charge on any atom is 0.253 e. The number of rotatable bonds is 3. The van der Waals surface area contributed by atoms with Gasteiger partial charge < -0.3 is 9.80 Å². The molecule has 0 saturated carbocycles. The molecule has 3 rings (SSSR count). The van der Waals surface area contributed by atoms with E-state index in [2.05, 4.69) is 0 Å². The van der Waals surface area contributed by atoms with Gasteiger partial charge in [0.05, 0.1) is 6.42 Å². The molecule has 0 N–H and O–H groups in total. The fourth-order valence-corrected chi connectivity index (χ4v) is 3.18. The third kappa shape index (κ3) is 4.48. The largest absolute Gasteiger partial charge is 0.341 e. The van der Waals surface area contributed by atoms with E-state index < -0.39 is 0 Å². The molecule has 0 spiro atoms. The summed E-state index contributed by atoms with van der Waals surface area (Å²) in [7, 11) is 0. The monoisotopic (exact) mass is 354 g/mol. The molecule has 0 atom stereocenters. The highest BCUT2D eigenvalue weighted by atomic mass is 19.1. The number of amides is 2. The molecule has 0 aliphatic carbocycles. The van der Waals surface area contributed by atoms with Crippen LogP contribution in [-0.2, 0) is 11.2 Å². The molecule has 4 nitrogen and oxygen atoms in total. The molecule has 1 fully saturated rings.